The Balaban J connectivity index is 3.47. The number of nitrogens with zero attached hydrogens (tertiary/aromatic N) is 1. The van der Waals surface area contributed by atoms with Crippen molar-refractivity contribution in [2.75, 3.05) is 5.88 Å². The van der Waals surface area contributed by atoms with Crippen molar-refractivity contribution in [1.29, 1.82) is 0 Å². The molecular weight excluding hydrogens is 344 g/mol. The highest BCUT2D eigenvalue weighted by molar-refractivity contribution is 9.10. The van der Waals surface area contributed by atoms with Crippen LogP contribution in [0.2, 0.25) is 5.02 Å². The van der Waals surface area contributed by atoms with E-state index < -0.39 is 11.7 Å². The Labute approximate surface area is 114 Å². The van der Waals surface area contributed by atoms with E-state index in [1.54, 1.807) is 0 Å². The lowest BCUT2D eigenvalue weighted by Gasteiger charge is -2.12. The summed E-state index contributed by atoms with van der Waals surface area (Å²) in [6.07, 6.45) is -4.57. The third-order valence-electron chi connectivity index (χ3n) is 1.73. The molecular formula is C9H6BrCl2F3N2. The van der Waals surface area contributed by atoms with Crippen molar-refractivity contribution < 1.29 is 13.2 Å². The Morgan fingerprint density at radius 1 is 1.41 bits per heavy atom. The van der Waals surface area contributed by atoms with Gasteiger partial charge in [0.25, 0.3) is 0 Å². The summed E-state index contributed by atoms with van der Waals surface area (Å²) in [6.45, 7) is 0. The van der Waals surface area contributed by atoms with Crippen molar-refractivity contribution in [3.05, 3.63) is 27.2 Å². The zero-order valence-corrected chi connectivity index (χ0v) is 11.3. The van der Waals surface area contributed by atoms with E-state index in [9.17, 15) is 13.2 Å². The molecule has 0 fully saturated rings. The fourth-order valence-corrected chi connectivity index (χ4v) is 2.03. The molecule has 8 heteroatoms. The Kier molecular flexibility index (Phi) is 4.69. The quantitative estimate of drug-likeness (QED) is 0.481. The fourth-order valence-electron chi connectivity index (χ4n) is 1.07. The number of hydrogen-bond donors (Lipinski definition) is 1. The van der Waals surface area contributed by atoms with Crippen molar-refractivity contribution in [3.63, 3.8) is 0 Å². The van der Waals surface area contributed by atoms with Gasteiger partial charge in [-0.1, -0.05) is 11.6 Å². The second-order valence-corrected chi connectivity index (χ2v) is 4.58. The monoisotopic (exact) mass is 348 g/mol. The Bertz CT molecular complexity index is 460. The summed E-state index contributed by atoms with van der Waals surface area (Å²) < 4.78 is 38.3. The van der Waals surface area contributed by atoms with Crippen molar-refractivity contribution in [3.8, 4) is 0 Å². The minimum Gasteiger partial charge on any atom is -0.386 e. The SMILES string of the molecule is NC(CCl)=Nc1c(Br)cc(Cl)cc1C(F)(F)F. The first kappa shape index (κ1) is 14.6. The molecule has 0 heterocycles. The van der Waals surface area contributed by atoms with Crippen LogP contribution >= 0.6 is 39.1 Å². The van der Waals surface area contributed by atoms with Gasteiger partial charge in [0, 0.05) is 9.50 Å². The third-order valence-corrected chi connectivity index (χ3v) is 2.82. The molecule has 0 saturated heterocycles. The molecule has 0 unspecified atom stereocenters. The first-order valence-electron chi connectivity index (χ1n) is 4.21. The average molecular weight is 350 g/mol. The lowest BCUT2D eigenvalue weighted by Crippen LogP contribution is -2.13. The molecule has 17 heavy (non-hydrogen) atoms. The lowest BCUT2D eigenvalue weighted by atomic mass is 10.1. The number of alkyl halides is 4. The number of rotatable bonds is 2. The number of halogens is 6. The zero-order valence-electron chi connectivity index (χ0n) is 8.15. The second kappa shape index (κ2) is 5.46. The Hall–Kier alpha value is -0.460. The molecule has 0 saturated carbocycles. The van der Waals surface area contributed by atoms with E-state index in [2.05, 4.69) is 20.9 Å². The topological polar surface area (TPSA) is 38.4 Å². The van der Waals surface area contributed by atoms with E-state index in [1.165, 1.54) is 6.07 Å². The van der Waals surface area contributed by atoms with Crippen LogP contribution in [-0.2, 0) is 6.18 Å². The maximum absolute atomic E-state index is 12.7. The Morgan fingerprint density at radius 2 is 2.00 bits per heavy atom. The van der Waals surface area contributed by atoms with Crippen LogP contribution in [0.4, 0.5) is 18.9 Å². The van der Waals surface area contributed by atoms with E-state index in [0.717, 1.165) is 6.07 Å². The van der Waals surface area contributed by atoms with E-state index in [1.807, 2.05) is 0 Å². The molecule has 1 aromatic rings. The first-order valence-corrected chi connectivity index (χ1v) is 5.91. The number of hydrogen-bond acceptors (Lipinski definition) is 1. The van der Waals surface area contributed by atoms with Gasteiger partial charge in [-0.15, -0.1) is 11.6 Å². The van der Waals surface area contributed by atoms with Gasteiger partial charge in [-0.05, 0) is 28.1 Å². The molecule has 2 N–H and O–H groups in total. The molecule has 1 aromatic carbocycles. The standard InChI is InChI=1S/C9H6BrCl2F3N2/c10-6-2-4(12)1-5(9(13,14)15)8(6)17-7(16)3-11/h1-2H,3H2,(H2,16,17). The lowest BCUT2D eigenvalue weighted by molar-refractivity contribution is -0.137. The number of aliphatic imine (C=N–C) groups is 1. The molecule has 0 aliphatic heterocycles. The summed E-state index contributed by atoms with van der Waals surface area (Å²) in [5.74, 6) is -0.271. The van der Waals surface area contributed by atoms with E-state index in [-0.39, 0.29) is 26.9 Å². The molecule has 0 spiro atoms. The Morgan fingerprint density at radius 3 is 2.47 bits per heavy atom. The van der Waals surface area contributed by atoms with Gasteiger partial charge in [0.2, 0.25) is 0 Å². The highest BCUT2D eigenvalue weighted by atomic mass is 79.9. The molecule has 0 radical (unpaired) electrons. The average Bonchev–Trinajstić information content (AvgIpc) is 2.19. The minimum absolute atomic E-state index is 0.0485. The summed E-state index contributed by atoms with van der Waals surface area (Å²) in [6, 6.07) is 2.09. The molecule has 0 atom stereocenters. The number of amidine groups is 1. The summed E-state index contributed by atoms with van der Waals surface area (Å²) in [5, 5.41) is -0.0485. The van der Waals surface area contributed by atoms with Crippen LogP contribution in [0, 0.1) is 0 Å². The van der Waals surface area contributed by atoms with E-state index in [0.29, 0.717) is 0 Å². The van der Waals surface area contributed by atoms with E-state index >= 15 is 0 Å². The van der Waals surface area contributed by atoms with Gasteiger partial charge in [-0.25, -0.2) is 4.99 Å². The van der Waals surface area contributed by atoms with Crippen molar-refractivity contribution in [2.45, 2.75) is 6.18 Å². The van der Waals surface area contributed by atoms with Crippen molar-refractivity contribution >= 4 is 50.7 Å². The van der Waals surface area contributed by atoms with Crippen LogP contribution in [0.1, 0.15) is 5.56 Å². The molecule has 0 aliphatic carbocycles. The second-order valence-electron chi connectivity index (χ2n) is 3.02. The number of nitrogens with two attached hydrogens (primary N) is 1. The van der Waals surface area contributed by atoms with E-state index in [4.69, 9.17) is 28.9 Å². The summed E-state index contributed by atoms with van der Waals surface area (Å²) in [4.78, 5) is 3.62. The maximum Gasteiger partial charge on any atom is 0.418 e. The summed E-state index contributed by atoms with van der Waals surface area (Å²) >= 11 is 13.9. The highest BCUT2D eigenvalue weighted by Gasteiger charge is 2.35. The largest absolute Gasteiger partial charge is 0.418 e. The van der Waals surface area contributed by atoms with Gasteiger partial charge in [-0.3, -0.25) is 0 Å². The third kappa shape index (κ3) is 3.76. The van der Waals surface area contributed by atoms with Crippen LogP contribution in [0.25, 0.3) is 0 Å². The molecule has 0 amide bonds. The zero-order chi connectivity index (χ0) is 13.2. The van der Waals surface area contributed by atoms with Gasteiger partial charge in [0.15, 0.2) is 0 Å². The molecule has 1 rings (SSSR count). The van der Waals surface area contributed by atoms with Gasteiger partial charge in [0.05, 0.1) is 17.1 Å². The van der Waals surface area contributed by atoms with Gasteiger partial charge < -0.3 is 5.73 Å². The van der Waals surface area contributed by atoms with Crippen LogP contribution in [0.15, 0.2) is 21.6 Å². The molecule has 0 aromatic heterocycles. The minimum atomic E-state index is -4.57. The molecule has 0 aliphatic rings. The predicted molar refractivity (Wildman–Crippen MR) is 66.2 cm³/mol. The summed E-state index contributed by atoms with van der Waals surface area (Å²) in [5.41, 5.74) is 4.02. The smallest absolute Gasteiger partial charge is 0.386 e. The predicted octanol–water partition coefficient (Wildman–Crippen LogP) is 4.35. The van der Waals surface area contributed by atoms with Gasteiger partial charge in [-0.2, -0.15) is 13.2 Å². The van der Waals surface area contributed by atoms with Crippen molar-refractivity contribution in [2.24, 2.45) is 10.7 Å². The highest BCUT2D eigenvalue weighted by Crippen LogP contribution is 2.42. The van der Waals surface area contributed by atoms with Crippen LogP contribution in [-0.4, -0.2) is 11.7 Å². The van der Waals surface area contributed by atoms with Crippen molar-refractivity contribution in [1.82, 2.24) is 0 Å². The maximum atomic E-state index is 12.7. The fraction of sp³-hybridized carbons (Fsp3) is 0.222. The normalized spacial score (nSPS) is 12.9. The van der Waals surface area contributed by atoms with Crippen LogP contribution in [0.5, 0.6) is 0 Å². The molecule has 94 valence electrons. The van der Waals surface area contributed by atoms with Gasteiger partial charge >= 0.3 is 6.18 Å². The van der Waals surface area contributed by atoms with Gasteiger partial charge in [0.1, 0.15) is 5.84 Å². The first-order chi connectivity index (χ1) is 7.75. The number of benzene rings is 1. The summed E-state index contributed by atoms with van der Waals surface area (Å²) in [7, 11) is 0. The van der Waals surface area contributed by atoms with Crippen LogP contribution in [0.3, 0.4) is 0 Å². The van der Waals surface area contributed by atoms with Crippen LogP contribution < -0.4 is 5.73 Å². The molecule has 0 bridgehead atoms. The molecule has 2 nitrogen and oxygen atoms in total.